The van der Waals surface area contributed by atoms with Crippen LogP contribution in [0, 0.1) is 0 Å². The van der Waals surface area contributed by atoms with E-state index >= 15 is 0 Å². The Labute approximate surface area is 122 Å². The van der Waals surface area contributed by atoms with Crippen molar-refractivity contribution >= 4 is 23.4 Å². The highest BCUT2D eigenvalue weighted by Crippen LogP contribution is 2.10. The molecule has 108 valence electrons. The molecule has 1 aromatic rings. The molecule has 0 aliphatic carbocycles. The first-order valence-electron chi connectivity index (χ1n) is 6.48. The maximum Gasteiger partial charge on any atom is 0.255 e. The number of hydrogen-bond acceptors (Lipinski definition) is 4. The van der Waals surface area contributed by atoms with Gasteiger partial charge in [0.15, 0.2) is 0 Å². The number of pyridine rings is 1. The SMILES string of the molecule is NC(=O)CN1CCCN(C(=O)c2ccc(Cl)nc2)CC1. The lowest BCUT2D eigenvalue weighted by Gasteiger charge is -2.21. The molecule has 2 heterocycles. The van der Waals surface area contributed by atoms with Crippen molar-refractivity contribution in [2.24, 2.45) is 5.73 Å². The van der Waals surface area contributed by atoms with E-state index in [0.29, 0.717) is 30.4 Å². The molecule has 2 N–H and O–H groups in total. The predicted octanol–water partition coefficient (Wildman–Crippen LogP) is 0.368. The van der Waals surface area contributed by atoms with E-state index in [-0.39, 0.29) is 18.4 Å². The Morgan fingerprint density at radius 3 is 2.70 bits per heavy atom. The summed E-state index contributed by atoms with van der Waals surface area (Å²) in [5, 5.41) is 0.366. The van der Waals surface area contributed by atoms with E-state index < -0.39 is 0 Å². The fourth-order valence-electron chi connectivity index (χ4n) is 2.24. The number of carbonyl (C=O) groups excluding carboxylic acids is 2. The van der Waals surface area contributed by atoms with Crippen molar-refractivity contribution in [2.45, 2.75) is 6.42 Å². The van der Waals surface area contributed by atoms with Gasteiger partial charge in [-0.15, -0.1) is 0 Å². The number of amides is 2. The first kappa shape index (κ1) is 14.7. The average Bonchev–Trinajstić information content (AvgIpc) is 2.64. The van der Waals surface area contributed by atoms with E-state index in [2.05, 4.69) is 4.98 Å². The second kappa shape index (κ2) is 6.67. The highest BCUT2D eigenvalue weighted by atomic mass is 35.5. The molecule has 0 atom stereocenters. The summed E-state index contributed by atoms with van der Waals surface area (Å²) in [5.74, 6) is -0.401. The summed E-state index contributed by atoms with van der Waals surface area (Å²) >= 11 is 5.71. The minimum Gasteiger partial charge on any atom is -0.369 e. The van der Waals surface area contributed by atoms with Crippen molar-refractivity contribution in [3.63, 3.8) is 0 Å². The first-order chi connectivity index (χ1) is 9.56. The molecule has 1 aliphatic heterocycles. The number of primary amides is 1. The van der Waals surface area contributed by atoms with E-state index in [4.69, 9.17) is 17.3 Å². The van der Waals surface area contributed by atoms with Crippen molar-refractivity contribution in [3.8, 4) is 0 Å². The molecule has 0 spiro atoms. The van der Waals surface area contributed by atoms with Crippen LogP contribution in [0.15, 0.2) is 18.3 Å². The molecule has 1 aliphatic rings. The summed E-state index contributed by atoms with van der Waals surface area (Å²) in [5.41, 5.74) is 5.72. The fraction of sp³-hybridized carbons (Fsp3) is 0.462. The van der Waals surface area contributed by atoms with Gasteiger partial charge in [0.2, 0.25) is 5.91 Å². The average molecular weight is 297 g/mol. The van der Waals surface area contributed by atoms with Gasteiger partial charge in [0, 0.05) is 32.4 Å². The molecule has 0 saturated carbocycles. The van der Waals surface area contributed by atoms with Crippen LogP contribution in [0.4, 0.5) is 0 Å². The van der Waals surface area contributed by atoms with Crippen LogP contribution < -0.4 is 5.73 Å². The van der Waals surface area contributed by atoms with Crippen LogP contribution in [-0.2, 0) is 4.79 Å². The molecule has 2 rings (SSSR count). The summed E-state index contributed by atoms with van der Waals surface area (Å²) in [4.78, 5) is 30.9. The van der Waals surface area contributed by atoms with E-state index in [1.54, 1.807) is 17.0 Å². The number of rotatable bonds is 3. The van der Waals surface area contributed by atoms with E-state index in [9.17, 15) is 9.59 Å². The highest BCUT2D eigenvalue weighted by Gasteiger charge is 2.21. The zero-order chi connectivity index (χ0) is 14.5. The monoisotopic (exact) mass is 296 g/mol. The summed E-state index contributed by atoms with van der Waals surface area (Å²) in [6, 6.07) is 3.27. The Bertz CT molecular complexity index is 492. The first-order valence-corrected chi connectivity index (χ1v) is 6.85. The number of hydrogen-bond donors (Lipinski definition) is 1. The van der Waals surface area contributed by atoms with Gasteiger partial charge in [-0.2, -0.15) is 0 Å². The Kier molecular flexibility index (Phi) is 4.92. The van der Waals surface area contributed by atoms with Crippen molar-refractivity contribution in [2.75, 3.05) is 32.7 Å². The molecule has 1 aromatic heterocycles. The molecule has 0 bridgehead atoms. The van der Waals surface area contributed by atoms with Crippen LogP contribution in [0.1, 0.15) is 16.8 Å². The van der Waals surface area contributed by atoms with Gasteiger partial charge in [-0.3, -0.25) is 14.5 Å². The molecule has 0 unspecified atom stereocenters. The molecular weight excluding hydrogens is 280 g/mol. The number of nitrogens with zero attached hydrogens (tertiary/aromatic N) is 3. The number of aromatic nitrogens is 1. The number of nitrogens with two attached hydrogens (primary N) is 1. The quantitative estimate of drug-likeness (QED) is 0.817. The standard InChI is InChI=1S/C13H17ClN4O2/c14-11-3-2-10(8-16-11)13(20)18-5-1-4-17(6-7-18)9-12(15)19/h2-3,8H,1,4-7,9H2,(H2,15,19). The van der Waals surface area contributed by atoms with Crippen LogP contribution >= 0.6 is 11.6 Å². The third-order valence-corrected chi connectivity index (χ3v) is 3.45. The van der Waals surface area contributed by atoms with Gasteiger partial charge in [-0.05, 0) is 18.6 Å². The smallest absolute Gasteiger partial charge is 0.255 e. The van der Waals surface area contributed by atoms with E-state index in [1.165, 1.54) is 6.20 Å². The fourth-order valence-corrected chi connectivity index (χ4v) is 2.35. The van der Waals surface area contributed by atoms with Crippen molar-refractivity contribution in [3.05, 3.63) is 29.0 Å². The lowest BCUT2D eigenvalue weighted by atomic mass is 10.2. The van der Waals surface area contributed by atoms with Gasteiger partial charge in [-0.1, -0.05) is 11.6 Å². The zero-order valence-corrected chi connectivity index (χ0v) is 11.8. The third-order valence-electron chi connectivity index (χ3n) is 3.23. The molecule has 1 saturated heterocycles. The zero-order valence-electron chi connectivity index (χ0n) is 11.1. The van der Waals surface area contributed by atoms with Crippen LogP contribution in [0.5, 0.6) is 0 Å². The Hall–Kier alpha value is -1.66. The van der Waals surface area contributed by atoms with Gasteiger partial charge in [0.05, 0.1) is 12.1 Å². The van der Waals surface area contributed by atoms with Crippen LogP contribution in [0.25, 0.3) is 0 Å². The second-order valence-corrected chi connectivity index (χ2v) is 5.15. The lowest BCUT2D eigenvalue weighted by Crippen LogP contribution is -2.38. The summed E-state index contributed by atoms with van der Waals surface area (Å²) in [6.45, 7) is 2.90. The highest BCUT2D eigenvalue weighted by molar-refractivity contribution is 6.29. The molecule has 7 heteroatoms. The van der Waals surface area contributed by atoms with Gasteiger partial charge in [0.25, 0.3) is 5.91 Å². The van der Waals surface area contributed by atoms with Gasteiger partial charge in [0.1, 0.15) is 5.15 Å². The molecule has 20 heavy (non-hydrogen) atoms. The van der Waals surface area contributed by atoms with E-state index in [0.717, 1.165) is 13.0 Å². The Balaban J connectivity index is 1.97. The number of halogens is 1. The van der Waals surface area contributed by atoms with Gasteiger partial charge < -0.3 is 10.6 Å². The topological polar surface area (TPSA) is 79.5 Å². The predicted molar refractivity (Wildman–Crippen MR) is 75.4 cm³/mol. The Morgan fingerprint density at radius 2 is 2.05 bits per heavy atom. The molecular formula is C13H17ClN4O2. The molecule has 1 fully saturated rings. The van der Waals surface area contributed by atoms with Crippen molar-refractivity contribution < 1.29 is 9.59 Å². The summed E-state index contributed by atoms with van der Waals surface area (Å²) < 4.78 is 0. The van der Waals surface area contributed by atoms with Crippen LogP contribution in [0.2, 0.25) is 5.15 Å². The molecule has 0 aromatic carbocycles. The number of carbonyl (C=O) groups is 2. The van der Waals surface area contributed by atoms with E-state index in [1.807, 2.05) is 4.90 Å². The van der Waals surface area contributed by atoms with Crippen LogP contribution in [0.3, 0.4) is 0 Å². The summed E-state index contributed by atoms with van der Waals surface area (Å²) in [6.07, 6.45) is 2.30. The molecule has 2 amide bonds. The van der Waals surface area contributed by atoms with Gasteiger partial charge >= 0.3 is 0 Å². The summed E-state index contributed by atoms with van der Waals surface area (Å²) in [7, 11) is 0. The Morgan fingerprint density at radius 1 is 1.25 bits per heavy atom. The van der Waals surface area contributed by atoms with Crippen molar-refractivity contribution in [1.82, 2.24) is 14.8 Å². The molecule has 6 nitrogen and oxygen atoms in total. The minimum atomic E-state index is -0.341. The second-order valence-electron chi connectivity index (χ2n) is 4.76. The third kappa shape index (κ3) is 3.91. The lowest BCUT2D eigenvalue weighted by molar-refractivity contribution is -0.119. The normalized spacial score (nSPS) is 16.8. The van der Waals surface area contributed by atoms with Gasteiger partial charge in [-0.25, -0.2) is 4.98 Å². The van der Waals surface area contributed by atoms with Crippen molar-refractivity contribution in [1.29, 1.82) is 0 Å². The maximum atomic E-state index is 12.3. The molecule has 0 radical (unpaired) electrons. The minimum absolute atomic E-state index is 0.0601. The maximum absolute atomic E-state index is 12.3. The van der Waals surface area contributed by atoms with Crippen LogP contribution in [-0.4, -0.2) is 59.3 Å². The largest absolute Gasteiger partial charge is 0.369 e.